The van der Waals surface area contributed by atoms with E-state index in [9.17, 15) is 20.4 Å². The van der Waals surface area contributed by atoms with Crippen molar-refractivity contribution < 1.29 is 39.2 Å². The molecule has 1 fully saturated rings. The van der Waals surface area contributed by atoms with Crippen LogP contribution in [-0.2, 0) is 11.8 Å². The molecule has 1 aromatic heterocycles. The predicted molar refractivity (Wildman–Crippen MR) is 119 cm³/mol. The molecule has 1 aliphatic rings. The third-order valence-corrected chi connectivity index (χ3v) is 6.65. The molecule has 170 valence electrons. The first kappa shape index (κ1) is 22.7. The minimum Gasteiger partial charge on any atom is -0.493 e. The molecule has 5 atom stereocenters. The molecule has 2 heterocycles. The zero-order chi connectivity index (χ0) is 22.8. The number of hydrogen-bond acceptors (Lipinski definition) is 8. The van der Waals surface area contributed by atoms with Crippen LogP contribution in [0.5, 0.6) is 11.5 Å². The number of rotatable bonds is 6. The van der Waals surface area contributed by atoms with E-state index in [-0.39, 0.29) is 0 Å². The van der Waals surface area contributed by atoms with Crippen molar-refractivity contribution >= 4 is 33.7 Å². The van der Waals surface area contributed by atoms with E-state index in [0.29, 0.717) is 11.5 Å². The normalized spacial score (nSPS) is 26.0. The molecule has 0 aliphatic carbocycles. The summed E-state index contributed by atoms with van der Waals surface area (Å²) in [6, 6.07) is 13.5. The largest absolute Gasteiger partial charge is 0.493 e. The van der Waals surface area contributed by atoms with Gasteiger partial charge in [0.15, 0.2) is 11.5 Å². The fraction of sp³-hybridized carbons (Fsp3) is 0.348. The number of aliphatic hydroxyl groups excluding tert-OH is 4. The maximum absolute atomic E-state index is 10.2. The van der Waals surface area contributed by atoms with E-state index in [0.717, 1.165) is 16.1 Å². The molecule has 0 amide bonds. The highest BCUT2D eigenvalue weighted by atomic mass is 32.1. The quantitative estimate of drug-likeness (QED) is 0.407. The molecule has 0 bridgehead atoms. The standard InChI is InChI=1S/C23H26NO7S/c1-24-14-5-3-4-6-18(14)32-19(24)10-8-13-7-9-15(16(11-13)29-2)30-23-22(28)21(27)20(26)17(12-25)31-23/h3-11,17,20-23,25-28H,12H2,1-2H3/q+1/t17-,20+,21+,22-,23?/m1/s1. The molecule has 0 saturated carbocycles. The summed E-state index contributed by atoms with van der Waals surface area (Å²) in [5.74, 6) is 0.700. The summed E-state index contributed by atoms with van der Waals surface area (Å²) in [6.07, 6.45) is -2.79. The van der Waals surface area contributed by atoms with E-state index in [1.807, 2.05) is 37.4 Å². The number of para-hydroxylation sites is 1. The lowest BCUT2D eigenvalue weighted by molar-refractivity contribution is -0.642. The zero-order valence-electron chi connectivity index (χ0n) is 17.7. The molecule has 0 radical (unpaired) electrons. The Morgan fingerprint density at radius 1 is 1.03 bits per heavy atom. The van der Waals surface area contributed by atoms with Crippen LogP contribution < -0.4 is 14.0 Å². The minimum atomic E-state index is -1.51. The van der Waals surface area contributed by atoms with E-state index in [1.54, 1.807) is 23.5 Å². The van der Waals surface area contributed by atoms with Crippen LogP contribution in [0.1, 0.15) is 10.6 Å². The predicted octanol–water partition coefficient (Wildman–Crippen LogP) is 1.08. The maximum Gasteiger partial charge on any atom is 0.262 e. The topological polar surface area (TPSA) is 112 Å². The number of aliphatic hydroxyl groups is 4. The summed E-state index contributed by atoms with van der Waals surface area (Å²) in [5.41, 5.74) is 2.04. The number of ether oxygens (including phenoxy) is 3. The monoisotopic (exact) mass is 460 g/mol. The van der Waals surface area contributed by atoms with Gasteiger partial charge >= 0.3 is 0 Å². The van der Waals surface area contributed by atoms with Crippen LogP contribution in [-0.4, -0.2) is 64.8 Å². The van der Waals surface area contributed by atoms with Crippen LogP contribution in [0.2, 0.25) is 0 Å². The number of aromatic nitrogens is 1. The number of benzene rings is 2. The molecule has 32 heavy (non-hydrogen) atoms. The van der Waals surface area contributed by atoms with Crippen LogP contribution in [0, 0.1) is 0 Å². The van der Waals surface area contributed by atoms with Gasteiger partial charge in [-0.2, -0.15) is 4.57 Å². The van der Waals surface area contributed by atoms with Crippen LogP contribution in [0.4, 0.5) is 0 Å². The SMILES string of the molecule is COc1cc(C=Cc2sc3ccccc3[n+]2C)ccc1OC1O[C@H](CO)[C@H](O)[C@H](O)[C@H]1O. The van der Waals surface area contributed by atoms with Gasteiger partial charge in [0.25, 0.3) is 5.01 Å². The molecule has 1 aliphatic heterocycles. The Hall–Kier alpha value is -2.53. The van der Waals surface area contributed by atoms with E-state index < -0.39 is 37.3 Å². The fourth-order valence-electron chi connectivity index (χ4n) is 3.61. The Labute approximate surface area is 189 Å². The lowest BCUT2D eigenvalue weighted by Gasteiger charge is -2.39. The van der Waals surface area contributed by atoms with Gasteiger partial charge in [0.1, 0.15) is 36.2 Å². The van der Waals surface area contributed by atoms with Crippen molar-refractivity contribution in [3.8, 4) is 11.5 Å². The van der Waals surface area contributed by atoms with Crippen molar-refractivity contribution in [1.82, 2.24) is 0 Å². The van der Waals surface area contributed by atoms with Gasteiger partial charge in [0.2, 0.25) is 11.8 Å². The molecule has 9 heteroatoms. The van der Waals surface area contributed by atoms with Crippen molar-refractivity contribution in [2.45, 2.75) is 30.7 Å². The number of nitrogens with zero attached hydrogens (tertiary/aromatic N) is 1. The first-order valence-corrected chi connectivity index (χ1v) is 11.0. The van der Waals surface area contributed by atoms with Gasteiger partial charge in [-0.05, 0) is 29.8 Å². The first-order chi connectivity index (χ1) is 15.4. The summed E-state index contributed by atoms with van der Waals surface area (Å²) >= 11 is 1.69. The van der Waals surface area contributed by atoms with Crippen molar-refractivity contribution in [2.24, 2.45) is 7.05 Å². The molecule has 3 aromatic rings. The van der Waals surface area contributed by atoms with Gasteiger partial charge in [-0.25, -0.2) is 0 Å². The Morgan fingerprint density at radius 2 is 1.81 bits per heavy atom. The van der Waals surface area contributed by atoms with Crippen molar-refractivity contribution in [3.05, 3.63) is 53.0 Å². The molecule has 8 nitrogen and oxygen atoms in total. The van der Waals surface area contributed by atoms with E-state index in [1.165, 1.54) is 11.8 Å². The van der Waals surface area contributed by atoms with Gasteiger partial charge in [-0.15, -0.1) is 0 Å². The third kappa shape index (κ3) is 4.36. The molecule has 4 rings (SSSR count). The molecule has 0 spiro atoms. The maximum atomic E-state index is 10.2. The number of aryl methyl sites for hydroxylation is 1. The Balaban J connectivity index is 1.54. The summed E-state index contributed by atoms with van der Waals surface area (Å²) < 4.78 is 19.9. The molecular weight excluding hydrogens is 434 g/mol. The fourth-order valence-corrected chi connectivity index (χ4v) is 4.66. The summed E-state index contributed by atoms with van der Waals surface area (Å²) in [5, 5.41) is 40.5. The van der Waals surface area contributed by atoms with Crippen molar-refractivity contribution in [3.63, 3.8) is 0 Å². The number of hydrogen-bond donors (Lipinski definition) is 4. The van der Waals surface area contributed by atoms with Crippen molar-refractivity contribution in [2.75, 3.05) is 13.7 Å². The Bertz CT molecular complexity index is 1110. The smallest absolute Gasteiger partial charge is 0.262 e. The highest BCUT2D eigenvalue weighted by Crippen LogP contribution is 2.32. The van der Waals surface area contributed by atoms with Crippen LogP contribution >= 0.6 is 11.3 Å². The summed E-state index contributed by atoms with van der Waals surface area (Å²) in [7, 11) is 3.52. The van der Waals surface area contributed by atoms with Crippen LogP contribution in [0.15, 0.2) is 42.5 Å². The molecule has 1 unspecified atom stereocenters. The molecule has 2 aromatic carbocycles. The van der Waals surface area contributed by atoms with Gasteiger partial charge < -0.3 is 34.6 Å². The van der Waals surface area contributed by atoms with Gasteiger partial charge in [-0.1, -0.05) is 29.5 Å². The third-order valence-electron chi connectivity index (χ3n) is 5.47. The van der Waals surface area contributed by atoms with Gasteiger partial charge in [0, 0.05) is 12.1 Å². The second-order valence-electron chi connectivity index (χ2n) is 7.53. The van der Waals surface area contributed by atoms with Crippen molar-refractivity contribution in [1.29, 1.82) is 0 Å². The highest BCUT2D eigenvalue weighted by molar-refractivity contribution is 7.18. The molecule has 4 N–H and O–H groups in total. The molecular formula is C23H26NO7S+. The second kappa shape index (κ2) is 9.53. The number of thiazole rings is 1. The Kier molecular flexibility index (Phi) is 6.75. The summed E-state index contributed by atoms with van der Waals surface area (Å²) in [4.78, 5) is 0. The summed E-state index contributed by atoms with van der Waals surface area (Å²) in [6.45, 7) is -0.527. The molecule has 1 saturated heterocycles. The number of fused-ring (bicyclic) bond motifs is 1. The lowest BCUT2D eigenvalue weighted by atomic mass is 9.99. The highest BCUT2D eigenvalue weighted by Gasteiger charge is 2.44. The van der Waals surface area contributed by atoms with Gasteiger partial charge in [-0.3, -0.25) is 0 Å². The van der Waals surface area contributed by atoms with Gasteiger partial charge in [0.05, 0.1) is 13.7 Å². The van der Waals surface area contributed by atoms with E-state index in [4.69, 9.17) is 14.2 Å². The van der Waals surface area contributed by atoms with E-state index in [2.05, 4.69) is 16.7 Å². The average Bonchev–Trinajstić information content (AvgIpc) is 3.14. The lowest BCUT2D eigenvalue weighted by Crippen LogP contribution is -2.60. The number of methoxy groups -OCH3 is 1. The van der Waals surface area contributed by atoms with E-state index >= 15 is 0 Å². The van der Waals surface area contributed by atoms with Crippen LogP contribution in [0.25, 0.3) is 22.4 Å². The Morgan fingerprint density at radius 3 is 2.53 bits per heavy atom. The first-order valence-electron chi connectivity index (χ1n) is 10.1. The average molecular weight is 461 g/mol. The zero-order valence-corrected chi connectivity index (χ0v) is 18.5. The second-order valence-corrected chi connectivity index (χ2v) is 8.59. The minimum absolute atomic E-state index is 0.293. The van der Waals surface area contributed by atoms with Crippen LogP contribution in [0.3, 0.4) is 0 Å².